The Kier molecular flexibility index (Phi) is 5.82. The average Bonchev–Trinajstić information content (AvgIpc) is 2.15. The van der Waals surface area contributed by atoms with E-state index in [1.54, 1.807) is 26.8 Å². The van der Waals surface area contributed by atoms with E-state index >= 15 is 0 Å². The van der Waals surface area contributed by atoms with Crippen LogP contribution in [0.2, 0.25) is 0 Å². The highest BCUT2D eigenvalue weighted by Crippen LogP contribution is 2.12. The Hall–Kier alpha value is -1.29. The number of aliphatic hydroxyl groups is 1. The number of nitrogens with zero attached hydrogens (tertiary/aromatic N) is 1. The second-order valence-corrected chi connectivity index (χ2v) is 4.41. The highest BCUT2D eigenvalue weighted by atomic mass is 16.6. The molecule has 0 aromatic carbocycles. The Bertz CT molecular complexity index is 255. The molecule has 1 amide bonds. The summed E-state index contributed by atoms with van der Waals surface area (Å²) in [5.41, 5.74) is -0.558. The van der Waals surface area contributed by atoms with Crippen molar-refractivity contribution in [3.05, 3.63) is 25.3 Å². The van der Waals surface area contributed by atoms with Crippen LogP contribution < -0.4 is 0 Å². The Balaban J connectivity index is 4.69. The minimum absolute atomic E-state index is 0.184. The summed E-state index contributed by atoms with van der Waals surface area (Å²) < 4.78 is 5.22. The van der Waals surface area contributed by atoms with Gasteiger partial charge in [-0.2, -0.15) is 0 Å². The van der Waals surface area contributed by atoms with Crippen LogP contribution in [0.15, 0.2) is 25.3 Å². The molecule has 0 aromatic rings. The molecule has 0 radical (unpaired) electrons. The molecule has 0 saturated heterocycles. The number of carbonyl (C=O) groups is 1. The molecule has 1 unspecified atom stereocenters. The van der Waals surface area contributed by atoms with Crippen molar-refractivity contribution in [2.45, 2.75) is 32.4 Å². The number of aliphatic hydroxyl groups excluding tert-OH is 1. The number of hydrogen-bond donors (Lipinski definition) is 1. The molecule has 0 aliphatic rings. The number of amides is 1. The van der Waals surface area contributed by atoms with Crippen molar-refractivity contribution in [2.75, 3.05) is 13.2 Å². The molecule has 0 heterocycles. The molecule has 0 fully saturated rings. The van der Waals surface area contributed by atoms with Crippen molar-refractivity contribution < 1.29 is 14.6 Å². The van der Waals surface area contributed by atoms with Gasteiger partial charge < -0.3 is 9.84 Å². The quantitative estimate of drug-likeness (QED) is 0.730. The third kappa shape index (κ3) is 4.98. The fraction of sp³-hybridized carbons (Fsp3) is 0.583. The first-order chi connectivity index (χ1) is 7.35. The lowest BCUT2D eigenvalue weighted by Gasteiger charge is -2.30. The zero-order valence-corrected chi connectivity index (χ0v) is 10.3. The predicted octanol–water partition coefficient (Wildman–Crippen LogP) is 1.96. The van der Waals surface area contributed by atoms with Gasteiger partial charge in [0.05, 0.1) is 12.6 Å². The van der Waals surface area contributed by atoms with Crippen LogP contribution in [0.4, 0.5) is 4.79 Å². The maximum absolute atomic E-state index is 11.8. The fourth-order valence-electron chi connectivity index (χ4n) is 1.11. The van der Waals surface area contributed by atoms with Crippen molar-refractivity contribution in [1.82, 2.24) is 4.90 Å². The number of hydrogen-bond acceptors (Lipinski definition) is 3. The number of ether oxygens (including phenoxy) is 1. The first-order valence-corrected chi connectivity index (χ1v) is 5.19. The van der Waals surface area contributed by atoms with Gasteiger partial charge in [0.25, 0.3) is 0 Å². The van der Waals surface area contributed by atoms with Gasteiger partial charge in [0.15, 0.2) is 0 Å². The van der Waals surface area contributed by atoms with Crippen molar-refractivity contribution in [3.8, 4) is 0 Å². The molecule has 0 spiro atoms. The van der Waals surface area contributed by atoms with Crippen LogP contribution in [-0.4, -0.2) is 40.9 Å². The molecule has 0 aliphatic heterocycles. The molecule has 4 heteroatoms. The molecular weight excluding hydrogens is 206 g/mol. The van der Waals surface area contributed by atoms with Crippen LogP contribution in [0.3, 0.4) is 0 Å². The Labute approximate surface area is 97.2 Å². The molecule has 4 nitrogen and oxygen atoms in total. The van der Waals surface area contributed by atoms with Crippen LogP contribution in [-0.2, 0) is 4.74 Å². The minimum Gasteiger partial charge on any atom is -0.444 e. The smallest absolute Gasteiger partial charge is 0.411 e. The normalized spacial score (nSPS) is 12.8. The number of rotatable bonds is 5. The lowest BCUT2D eigenvalue weighted by atomic mass is 10.2. The van der Waals surface area contributed by atoms with Gasteiger partial charge in [-0.1, -0.05) is 12.2 Å². The van der Waals surface area contributed by atoms with Crippen LogP contribution in [0.25, 0.3) is 0 Å². The van der Waals surface area contributed by atoms with E-state index in [2.05, 4.69) is 13.2 Å². The standard InChI is InChI=1S/C12H21NO3/c1-6-8-13(10(7-2)9-14)11(15)16-12(3,4)5/h6-7,10,14H,1-2,8-9H2,3-5H3. The van der Waals surface area contributed by atoms with E-state index in [0.717, 1.165) is 0 Å². The Morgan fingerprint density at radius 2 is 2.06 bits per heavy atom. The molecule has 0 aromatic heterocycles. The molecule has 1 N–H and O–H groups in total. The largest absolute Gasteiger partial charge is 0.444 e. The first kappa shape index (κ1) is 14.7. The van der Waals surface area contributed by atoms with E-state index in [1.165, 1.54) is 11.0 Å². The molecule has 0 saturated carbocycles. The summed E-state index contributed by atoms with van der Waals surface area (Å²) in [7, 11) is 0. The molecule has 0 aliphatic carbocycles. The third-order valence-electron chi connectivity index (χ3n) is 1.81. The molecule has 0 rings (SSSR count). The predicted molar refractivity (Wildman–Crippen MR) is 64.2 cm³/mol. The van der Waals surface area contributed by atoms with Gasteiger partial charge >= 0.3 is 6.09 Å². The second-order valence-electron chi connectivity index (χ2n) is 4.41. The van der Waals surface area contributed by atoms with Crippen LogP contribution in [0.1, 0.15) is 20.8 Å². The lowest BCUT2D eigenvalue weighted by Crippen LogP contribution is -2.44. The zero-order chi connectivity index (χ0) is 12.8. The summed E-state index contributed by atoms with van der Waals surface area (Å²) >= 11 is 0. The third-order valence-corrected chi connectivity index (χ3v) is 1.81. The van der Waals surface area contributed by atoms with Gasteiger partial charge in [-0.05, 0) is 20.8 Å². The summed E-state index contributed by atoms with van der Waals surface area (Å²) in [4.78, 5) is 13.2. The van der Waals surface area contributed by atoms with Crippen LogP contribution >= 0.6 is 0 Å². The minimum atomic E-state index is -0.558. The molecule has 1 atom stereocenters. The van der Waals surface area contributed by atoms with Gasteiger partial charge in [0.2, 0.25) is 0 Å². The van der Waals surface area contributed by atoms with E-state index in [1.807, 2.05) is 0 Å². The summed E-state index contributed by atoms with van der Waals surface area (Å²) in [6.07, 6.45) is 2.61. The average molecular weight is 227 g/mol. The van der Waals surface area contributed by atoms with E-state index < -0.39 is 17.7 Å². The fourth-order valence-corrected chi connectivity index (χ4v) is 1.11. The van der Waals surface area contributed by atoms with Crippen molar-refractivity contribution in [2.24, 2.45) is 0 Å². The van der Waals surface area contributed by atoms with Gasteiger partial charge in [-0.25, -0.2) is 4.79 Å². The second kappa shape index (κ2) is 6.33. The van der Waals surface area contributed by atoms with Gasteiger partial charge in [0.1, 0.15) is 5.60 Å². The van der Waals surface area contributed by atoms with Crippen molar-refractivity contribution in [3.63, 3.8) is 0 Å². The SMILES string of the molecule is C=CCN(C(=O)OC(C)(C)C)C(C=C)CO. The Morgan fingerprint density at radius 3 is 2.38 bits per heavy atom. The Morgan fingerprint density at radius 1 is 1.50 bits per heavy atom. The molecule has 92 valence electrons. The zero-order valence-electron chi connectivity index (χ0n) is 10.3. The molecule has 16 heavy (non-hydrogen) atoms. The van der Waals surface area contributed by atoms with Gasteiger partial charge in [-0.3, -0.25) is 4.90 Å². The van der Waals surface area contributed by atoms with Gasteiger partial charge in [-0.15, -0.1) is 13.2 Å². The van der Waals surface area contributed by atoms with E-state index in [-0.39, 0.29) is 6.61 Å². The summed E-state index contributed by atoms with van der Waals surface area (Å²) in [5, 5.41) is 9.12. The number of carbonyl (C=O) groups excluding carboxylic acids is 1. The van der Waals surface area contributed by atoms with E-state index in [4.69, 9.17) is 9.84 Å². The summed E-state index contributed by atoms with van der Waals surface area (Å²) in [6, 6.07) is -0.451. The van der Waals surface area contributed by atoms with Crippen molar-refractivity contribution >= 4 is 6.09 Å². The van der Waals surface area contributed by atoms with E-state index in [9.17, 15) is 4.79 Å². The van der Waals surface area contributed by atoms with Crippen LogP contribution in [0.5, 0.6) is 0 Å². The topological polar surface area (TPSA) is 49.8 Å². The monoisotopic (exact) mass is 227 g/mol. The maximum atomic E-state index is 11.8. The van der Waals surface area contributed by atoms with Crippen molar-refractivity contribution in [1.29, 1.82) is 0 Å². The van der Waals surface area contributed by atoms with E-state index in [0.29, 0.717) is 6.54 Å². The molecular formula is C12H21NO3. The highest BCUT2D eigenvalue weighted by Gasteiger charge is 2.25. The van der Waals surface area contributed by atoms with Crippen LogP contribution in [0, 0.1) is 0 Å². The van der Waals surface area contributed by atoms with Gasteiger partial charge in [0, 0.05) is 6.54 Å². The lowest BCUT2D eigenvalue weighted by molar-refractivity contribution is 0.0176. The maximum Gasteiger partial charge on any atom is 0.411 e. The first-order valence-electron chi connectivity index (χ1n) is 5.19. The summed E-state index contributed by atoms with van der Waals surface area (Å²) in [5.74, 6) is 0. The molecule has 0 bridgehead atoms. The summed E-state index contributed by atoms with van der Waals surface area (Å²) in [6.45, 7) is 12.6. The highest BCUT2D eigenvalue weighted by molar-refractivity contribution is 5.69.